The van der Waals surface area contributed by atoms with E-state index in [1.807, 2.05) is 11.9 Å². The Morgan fingerprint density at radius 2 is 1.88 bits per heavy atom. The molecule has 3 aliphatic rings. The number of nitrogens with one attached hydrogen (secondary N) is 1. The number of carbonyl (C=O) groups excluding carboxylic acids is 2. The van der Waals surface area contributed by atoms with Crippen LogP contribution in [-0.4, -0.2) is 72.6 Å². The van der Waals surface area contributed by atoms with Gasteiger partial charge in [-0.15, -0.1) is 0 Å². The number of likely N-dealkylation sites (tertiary alicyclic amines) is 1. The van der Waals surface area contributed by atoms with Crippen molar-refractivity contribution in [3.8, 4) is 0 Å². The molecule has 6 nitrogen and oxygen atoms in total. The van der Waals surface area contributed by atoms with Gasteiger partial charge in [0.05, 0.1) is 19.7 Å². The van der Waals surface area contributed by atoms with E-state index in [1.165, 1.54) is 12.8 Å². The second-order valence-corrected chi connectivity index (χ2v) is 8.60. The summed E-state index contributed by atoms with van der Waals surface area (Å²) in [7, 11) is 1.99. The van der Waals surface area contributed by atoms with Gasteiger partial charge >= 0.3 is 0 Å². The third-order valence-electron chi connectivity index (χ3n) is 5.87. The lowest BCUT2D eigenvalue weighted by molar-refractivity contribution is -0.201. The molecule has 0 aromatic heterocycles. The van der Waals surface area contributed by atoms with Gasteiger partial charge in [0.2, 0.25) is 11.8 Å². The minimum absolute atomic E-state index is 0.0911. The van der Waals surface area contributed by atoms with Crippen molar-refractivity contribution in [1.82, 2.24) is 15.1 Å². The molecule has 2 heterocycles. The second kappa shape index (κ2) is 7.62. The van der Waals surface area contributed by atoms with Crippen molar-refractivity contribution in [3.05, 3.63) is 0 Å². The first-order valence-electron chi connectivity index (χ1n) is 9.81. The van der Waals surface area contributed by atoms with Gasteiger partial charge in [0.25, 0.3) is 0 Å². The number of hydrogen-bond donors (Lipinski definition) is 1. The molecule has 3 rings (SSSR count). The third-order valence-corrected chi connectivity index (χ3v) is 5.87. The van der Waals surface area contributed by atoms with E-state index < -0.39 is 0 Å². The van der Waals surface area contributed by atoms with Crippen LogP contribution in [0.5, 0.6) is 0 Å². The fourth-order valence-corrected chi connectivity index (χ4v) is 4.22. The molecular weight excluding hydrogens is 318 g/mol. The van der Waals surface area contributed by atoms with Crippen LogP contribution in [0.4, 0.5) is 0 Å². The Morgan fingerprint density at radius 3 is 2.48 bits per heavy atom. The average molecular weight is 351 g/mol. The lowest BCUT2D eigenvalue weighted by Crippen LogP contribution is -2.73. The number of carbonyl (C=O) groups is 2. The molecule has 2 amide bonds. The Kier molecular flexibility index (Phi) is 5.68. The summed E-state index contributed by atoms with van der Waals surface area (Å²) in [6.07, 6.45) is 6.18. The molecule has 1 saturated carbocycles. The van der Waals surface area contributed by atoms with E-state index in [0.29, 0.717) is 44.6 Å². The van der Waals surface area contributed by atoms with E-state index in [2.05, 4.69) is 24.1 Å². The highest BCUT2D eigenvalue weighted by molar-refractivity contribution is 5.82. The minimum atomic E-state index is -0.271. The number of rotatable bonds is 5. The lowest BCUT2D eigenvalue weighted by atomic mass is 9.90. The van der Waals surface area contributed by atoms with Gasteiger partial charge in [0, 0.05) is 19.0 Å². The van der Waals surface area contributed by atoms with Crippen LogP contribution in [-0.2, 0) is 14.3 Å². The molecular formula is C19H33N3O3. The lowest BCUT2D eigenvalue weighted by Gasteiger charge is -2.54. The summed E-state index contributed by atoms with van der Waals surface area (Å²) in [6, 6.07) is 0.131. The van der Waals surface area contributed by atoms with Crippen LogP contribution < -0.4 is 5.32 Å². The van der Waals surface area contributed by atoms with Gasteiger partial charge in [-0.05, 0) is 32.2 Å². The maximum atomic E-state index is 12.5. The van der Waals surface area contributed by atoms with Crippen molar-refractivity contribution in [2.24, 2.45) is 5.92 Å². The summed E-state index contributed by atoms with van der Waals surface area (Å²) in [6.45, 7) is 6.73. The number of morpholine rings is 1. The molecule has 3 fully saturated rings. The highest BCUT2D eigenvalue weighted by Crippen LogP contribution is 2.31. The van der Waals surface area contributed by atoms with Crippen LogP contribution in [0.1, 0.15) is 52.4 Å². The van der Waals surface area contributed by atoms with Crippen LogP contribution in [0, 0.1) is 5.92 Å². The summed E-state index contributed by atoms with van der Waals surface area (Å²) in [5.41, 5.74) is -0.271. The third kappa shape index (κ3) is 4.34. The molecule has 6 heteroatoms. The molecule has 1 aliphatic carbocycles. The fraction of sp³-hybridized carbons (Fsp3) is 0.895. The van der Waals surface area contributed by atoms with Crippen molar-refractivity contribution >= 4 is 11.8 Å². The number of hydrogen-bond acceptors (Lipinski definition) is 4. The summed E-state index contributed by atoms with van der Waals surface area (Å²) in [4.78, 5) is 28.7. The number of ether oxygens (including phenoxy) is 1. The standard InChI is InChI=1S/C19H33N3O3/c1-14(2)8-9-17(23)22-12-19(13-22)11-21(3)16(10-25-19)18(24)20-15-6-4-5-7-15/h14-16H,4-13H2,1-3H3,(H,20,24). The number of likely N-dealkylation sites (N-methyl/N-ethyl adjacent to an activating group) is 1. The molecule has 1 N–H and O–H groups in total. The largest absolute Gasteiger partial charge is 0.368 e. The van der Waals surface area contributed by atoms with E-state index in [1.54, 1.807) is 0 Å². The number of amides is 2. The zero-order valence-corrected chi connectivity index (χ0v) is 15.9. The summed E-state index contributed by atoms with van der Waals surface area (Å²) in [5.74, 6) is 0.871. The molecule has 0 aromatic carbocycles. The Bertz CT molecular complexity index is 496. The minimum Gasteiger partial charge on any atom is -0.368 e. The zero-order chi connectivity index (χ0) is 18.0. The van der Waals surface area contributed by atoms with Gasteiger partial charge in [-0.2, -0.15) is 0 Å². The smallest absolute Gasteiger partial charge is 0.239 e. The molecule has 1 atom stereocenters. The van der Waals surface area contributed by atoms with Gasteiger partial charge < -0.3 is 15.0 Å². The predicted molar refractivity (Wildman–Crippen MR) is 96.2 cm³/mol. The topological polar surface area (TPSA) is 61.9 Å². The van der Waals surface area contributed by atoms with E-state index in [-0.39, 0.29) is 23.5 Å². The first-order chi connectivity index (χ1) is 11.9. The van der Waals surface area contributed by atoms with Crippen molar-refractivity contribution in [1.29, 1.82) is 0 Å². The van der Waals surface area contributed by atoms with E-state index in [0.717, 1.165) is 19.3 Å². The average Bonchev–Trinajstić information content (AvgIpc) is 3.02. The first-order valence-corrected chi connectivity index (χ1v) is 9.81. The monoisotopic (exact) mass is 351 g/mol. The van der Waals surface area contributed by atoms with Gasteiger partial charge in [0.1, 0.15) is 11.6 Å². The van der Waals surface area contributed by atoms with Crippen LogP contribution in [0.2, 0.25) is 0 Å². The molecule has 25 heavy (non-hydrogen) atoms. The second-order valence-electron chi connectivity index (χ2n) is 8.60. The van der Waals surface area contributed by atoms with Crippen LogP contribution >= 0.6 is 0 Å². The van der Waals surface area contributed by atoms with Crippen molar-refractivity contribution in [2.75, 3.05) is 33.3 Å². The summed E-state index contributed by atoms with van der Waals surface area (Å²) in [5, 5.41) is 3.17. The quantitative estimate of drug-likeness (QED) is 0.813. The Morgan fingerprint density at radius 1 is 1.20 bits per heavy atom. The zero-order valence-electron chi connectivity index (χ0n) is 15.9. The van der Waals surface area contributed by atoms with Gasteiger partial charge in [-0.3, -0.25) is 14.5 Å². The van der Waals surface area contributed by atoms with Crippen LogP contribution in [0.15, 0.2) is 0 Å². The van der Waals surface area contributed by atoms with E-state index >= 15 is 0 Å². The predicted octanol–water partition coefficient (Wildman–Crippen LogP) is 1.39. The molecule has 0 aromatic rings. The highest BCUT2D eigenvalue weighted by Gasteiger charge is 2.51. The summed E-state index contributed by atoms with van der Waals surface area (Å²) >= 11 is 0. The molecule has 1 unspecified atom stereocenters. The van der Waals surface area contributed by atoms with Crippen LogP contribution in [0.3, 0.4) is 0 Å². The first kappa shape index (κ1) is 18.6. The SMILES string of the molecule is CC(C)CCC(=O)N1CC2(C1)CN(C)C(C(=O)NC1CCCC1)CO2. The normalized spacial score (nSPS) is 26.9. The van der Waals surface area contributed by atoms with Gasteiger partial charge in [0.15, 0.2) is 0 Å². The Hall–Kier alpha value is -1.14. The molecule has 0 bridgehead atoms. The van der Waals surface area contributed by atoms with Crippen molar-refractivity contribution in [2.45, 2.75) is 70.1 Å². The fourth-order valence-electron chi connectivity index (χ4n) is 4.22. The van der Waals surface area contributed by atoms with E-state index in [4.69, 9.17) is 4.74 Å². The maximum absolute atomic E-state index is 12.5. The van der Waals surface area contributed by atoms with Crippen molar-refractivity contribution in [3.63, 3.8) is 0 Å². The number of nitrogens with zero attached hydrogens (tertiary/aromatic N) is 2. The maximum Gasteiger partial charge on any atom is 0.239 e. The van der Waals surface area contributed by atoms with Gasteiger partial charge in [-0.25, -0.2) is 0 Å². The molecule has 2 aliphatic heterocycles. The van der Waals surface area contributed by atoms with E-state index in [9.17, 15) is 9.59 Å². The summed E-state index contributed by atoms with van der Waals surface area (Å²) < 4.78 is 6.08. The molecule has 142 valence electrons. The van der Waals surface area contributed by atoms with Crippen molar-refractivity contribution < 1.29 is 14.3 Å². The molecule has 0 radical (unpaired) electrons. The van der Waals surface area contributed by atoms with Gasteiger partial charge in [-0.1, -0.05) is 26.7 Å². The Balaban J connectivity index is 1.44. The molecule has 1 spiro atoms. The molecule has 2 saturated heterocycles. The highest BCUT2D eigenvalue weighted by atomic mass is 16.5. The Labute approximate surface area is 151 Å². The van der Waals surface area contributed by atoms with Crippen LogP contribution in [0.25, 0.3) is 0 Å².